The van der Waals surface area contributed by atoms with Crippen molar-refractivity contribution in [2.75, 3.05) is 11.1 Å². The minimum Gasteiger partial charge on any atom is -0.379 e. The van der Waals surface area contributed by atoms with Crippen LogP contribution in [0.1, 0.15) is 41.7 Å². The van der Waals surface area contributed by atoms with Gasteiger partial charge >= 0.3 is 0 Å². The van der Waals surface area contributed by atoms with Crippen molar-refractivity contribution in [2.45, 2.75) is 43.4 Å². The maximum Gasteiger partial charge on any atom is 0.275 e. The number of rotatable bonds is 6. The number of ether oxygens (including phenoxy) is 1. The van der Waals surface area contributed by atoms with Gasteiger partial charge in [0.25, 0.3) is 5.91 Å². The highest BCUT2D eigenvalue weighted by atomic mass is 32.2. The summed E-state index contributed by atoms with van der Waals surface area (Å²) in [6, 6.07) is 4.54. The number of aliphatic imine (C=N–C) groups is 1. The van der Waals surface area contributed by atoms with Gasteiger partial charge in [-0.3, -0.25) is 9.79 Å². The molecule has 3 heterocycles. The molecule has 35 heavy (non-hydrogen) atoms. The second-order valence-electron chi connectivity index (χ2n) is 9.03. The summed E-state index contributed by atoms with van der Waals surface area (Å²) in [5.74, 6) is 0.449. The zero-order chi connectivity index (χ0) is 24.0. The van der Waals surface area contributed by atoms with Crippen molar-refractivity contribution in [3.05, 3.63) is 60.3 Å². The van der Waals surface area contributed by atoms with E-state index in [1.807, 2.05) is 0 Å². The molecule has 2 saturated carbocycles. The summed E-state index contributed by atoms with van der Waals surface area (Å²) in [4.78, 5) is 29.9. The highest BCUT2D eigenvalue weighted by Gasteiger charge is 2.53. The molecule has 3 N–H and O–H groups in total. The SMILES string of the molecule is NC1=N[C@@]2(c3cc(NC(=O)c4cnc(-n5cncn5)cn4)ccc3F)CC(OC3CC3)C[C@H]2CS1. The van der Waals surface area contributed by atoms with Gasteiger partial charge in [-0.15, -0.1) is 0 Å². The molecular formula is C23H23FN8O2S. The molecule has 1 unspecified atom stereocenters. The van der Waals surface area contributed by atoms with Crippen LogP contribution in [-0.4, -0.2) is 53.8 Å². The first-order valence-corrected chi connectivity index (χ1v) is 12.4. The van der Waals surface area contributed by atoms with E-state index in [0.717, 1.165) is 25.0 Å². The molecule has 2 aromatic heterocycles. The molecule has 6 rings (SSSR count). The van der Waals surface area contributed by atoms with E-state index in [9.17, 15) is 4.79 Å². The van der Waals surface area contributed by atoms with Crippen molar-refractivity contribution in [2.24, 2.45) is 16.6 Å². The number of thioether (sulfide) groups is 1. The number of nitrogens with two attached hydrogens (primary N) is 1. The summed E-state index contributed by atoms with van der Waals surface area (Å²) in [7, 11) is 0. The number of hydrogen-bond acceptors (Lipinski definition) is 9. The van der Waals surface area contributed by atoms with E-state index in [0.29, 0.717) is 34.8 Å². The van der Waals surface area contributed by atoms with Gasteiger partial charge in [-0.05, 0) is 37.5 Å². The Bertz CT molecular complexity index is 1280. The van der Waals surface area contributed by atoms with Crippen molar-refractivity contribution in [3.63, 3.8) is 0 Å². The number of nitrogens with one attached hydrogen (secondary N) is 1. The maximum absolute atomic E-state index is 15.2. The fourth-order valence-corrected chi connectivity index (χ4v) is 5.86. The monoisotopic (exact) mass is 494 g/mol. The van der Waals surface area contributed by atoms with Crippen molar-refractivity contribution < 1.29 is 13.9 Å². The smallest absolute Gasteiger partial charge is 0.275 e. The maximum atomic E-state index is 15.2. The van der Waals surface area contributed by atoms with Gasteiger partial charge in [-0.1, -0.05) is 11.8 Å². The first-order valence-electron chi connectivity index (χ1n) is 11.4. The third-order valence-corrected chi connectivity index (χ3v) is 7.58. The van der Waals surface area contributed by atoms with Crippen molar-refractivity contribution in [1.82, 2.24) is 24.7 Å². The summed E-state index contributed by atoms with van der Waals surface area (Å²) in [6.45, 7) is 0. The Kier molecular flexibility index (Phi) is 5.49. The third-order valence-electron chi connectivity index (χ3n) is 6.63. The van der Waals surface area contributed by atoms with Gasteiger partial charge in [0.15, 0.2) is 11.0 Å². The number of amidine groups is 1. The summed E-state index contributed by atoms with van der Waals surface area (Å²) < 4.78 is 22.9. The van der Waals surface area contributed by atoms with Crippen molar-refractivity contribution in [1.29, 1.82) is 0 Å². The zero-order valence-corrected chi connectivity index (χ0v) is 19.5. The lowest BCUT2D eigenvalue weighted by atomic mass is 9.81. The minimum absolute atomic E-state index is 0.0131. The van der Waals surface area contributed by atoms with Crippen LogP contribution in [0, 0.1) is 11.7 Å². The van der Waals surface area contributed by atoms with E-state index in [4.69, 9.17) is 15.5 Å². The average molecular weight is 495 g/mol. The lowest BCUT2D eigenvalue weighted by Gasteiger charge is -2.36. The van der Waals surface area contributed by atoms with Gasteiger partial charge in [0, 0.05) is 29.3 Å². The van der Waals surface area contributed by atoms with Gasteiger partial charge in [0.2, 0.25) is 0 Å². The topological polar surface area (TPSA) is 133 Å². The Labute approximate surface area is 204 Å². The highest BCUT2D eigenvalue weighted by molar-refractivity contribution is 8.13. The molecule has 2 fully saturated rings. The van der Waals surface area contributed by atoms with Crippen molar-refractivity contribution in [3.8, 4) is 5.82 Å². The molecule has 1 aliphatic heterocycles. The summed E-state index contributed by atoms with van der Waals surface area (Å²) in [5.41, 5.74) is 6.30. The number of amides is 1. The van der Waals surface area contributed by atoms with E-state index in [2.05, 4.69) is 25.4 Å². The molecule has 3 atom stereocenters. The van der Waals surface area contributed by atoms with Crippen LogP contribution in [0.3, 0.4) is 0 Å². The minimum atomic E-state index is -0.807. The predicted octanol–water partition coefficient (Wildman–Crippen LogP) is 2.66. The number of halogens is 1. The molecule has 10 nitrogen and oxygen atoms in total. The van der Waals surface area contributed by atoms with Gasteiger partial charge in [-0.25, -0.2) is 24.0 Å². The van der Waals surface area contributed by atoms with Crippen LogP contribution in [0.25, 0.3) is 5.82 Å². The van der Waals surface area contributed by atoms with Gasteiger partial charge in [0.1, 0.15) is 24.2 Å². The molecule has 12 heteroatoms. The molecule has 0 saturated heterocycles. The Balaban J connectivity index is 1.26. The molecule has 0 spiro atoms. The largest absolute Gasteiger partial charge is 0.379 e. The van der Waals surface area contributed by atoms with Crippen LogP contribution in [-0.2, 0) is 10.3 Å². The van der Waals surface area contributed by atoms with Crippen LogP contribution in [0.4, 0.5) is 10.1 Å². The van der Waals surface area contributed by atoms with E-state index in [-0.39, 0.29) is 23.5 Å². The van der Waals surface area contributed by atoms with Crippen LogP contribution >= 0.6 is 11.8 Å². The fraction of sp³-hybridized carbons (Fsp3) is 0.391. The standard InChI is InChI=1S/C23H23FN8O2S/c24-18-4-1-14(30-21(33)19-8-28-20(9-27-19)32-12-26-11-29-32)6-17(18)23-7-16(34-15-2-3-15)5-13(23)10-35-22(25)31-23/h1,4,6,8-9,11-13,15-16H,2-3,5,7,10H2,(H2,25,31)(H,30,33)/t13-,16?,23-/m0/s1. The van der Waals surface area contributed by atoms with E-state index < -0.39 is 11.4 Å². The molecule has 0 radical (unpaired) electrons. The Morgan fingerprint density at radius 1 is 1.26 bits per heavy atom. The lowest BCUT2D eigenvalue weighted by Crippen LogP contribution is -2.37. The van der Waals surface area contributed by atoms with Crippen LogP contribution in [0.2, 0.25) is 0 Å². The summed E-state index contributed by atoms with van der Waals surface area (Å²) in [5, 5.41) is 7.23. The number of nitrogens with zero attached hydrogens (tertiary/aromatic N) is 6. The second-order valence-corrected chi connectivity index (χ2v) is 10.1. The third kappa shape index (κ3) is 4.27. The molecule has 3 aromatic rings. The Morgan fingerprint density at radius 2 is 2.14 bits per heavy atom. The molecule has 2 aliphatic carbocycles. The summed E-state index contributed by atoms with van der Waals surface area (Å²) in [6.07, 6.45) is 9.50. The molecule has 3 aliphatic rings. The van der Waals surface area contributed by atoms with E-state index in [1.165, 1.54) is 53.6 Å². The lowest BCUT2D eigenvalue weighted by molar-refractivity contribution is 0.0401. The first-order chi connectivity index (χ1) is 17.0. The Morgan fingerprint density at radius 3 is 2.89 bits per heavy atom. The number of benzene rings is 1. The zero-order valence-electron chi connectivity index (χ0n) is 18.7. The van der Waals surface area contributed by atoms with E-state index in [1.54, 1.807) is 6.07 Å². The highest BCUT2D eigenvalue weighted by Crippen LogP contribution is 2.53. The number of aromatic nitrogens is 5. The Hall–Kier alpha value is -3.38. The molecule has 0 bridgehead atoms. The van der Waals surface area contributed by atoms with Crippen LogP contribution < -0.4 is 11.1 Å². The van der Waals surface area contributed by atoms with Gasteiger partial charge < -0.3 is 15.8 Å². The average Bonchev–Trinajstić information content (AvgIpc) is 3.35. The first kappa shape index (κ1) is 22.1. The fourth-order valence-electron chi connectivity index (χ4n) is 4.85. The van der Waals surface area contributed by atoms with Gasteiger partial charge in [-0.2, -0.15) is 5.10 Å². The number of fused-ring (bicyclic) bond motifs is 1. The number of anilines is 1. The van der Waals surface area contributed by atoms with Crippen LogP contribution in [0.5, 0.6) is 0 Å². The van der Waals surface area contributed by atoms with Gasteiger partial charge in [0.05, 0.1) is 30.1 Å². The quantitative estimate of drug-likeness (QED) is 0.534. The number of carbonyl (C=O) groups is 1. The van der Waals surface area contributed by atoms with Crippen LogP contribution in [0.15, 0.2) is 48.2 Å². The number of carbonyl (C=O) groups excluding carboxylic acids is 1. The second kappa shape index (κ2) is 8.68. The summed E-state index contributed by atoms with van der Waals surface area (Å²) >= 11 is 1.50. The predicted molar refractivity (Wildman–Crippen MR) is 128 cm³/mol. The molecule has 1 aromatic carbocycles. The van der Waals surface area contributed by atoms with Crippen molar-refractivity contribution >= 4 is 28.5 Å². The molecule has 180 valence electrons. The molecular weight excluding hydrogens is 471 g/mol. The van der Waals surface area contributed by atoms with E-state index >= 15 is 4.39 Å². The normalized spacial score (nSPS) is 25.7. The number of hydrogen-bond donors (Lipinski definition) is 2. The molecule has 1 amide bonds.